The molecule has 0 aliphatic carbocycles. The van der Waals surface area contributed by atoms with Crippen LogP contribution in [0.4, 0.5) is 0 Å². The van der Waals surface area contributed by atoms with E-state index < -0.39 is 0 Å². The van der Waals surface area contributed by atoms with Gasteiger partial charge in [-0.3, -0.25) is 0 Å². The van der Waals surface area contributed by atoms with Crippen molar-refractivity contribution in [1.82, 2.24) is 14.9 Å². The summed E-state index contributed by atoms with van der Waals surface area (Å²) in [5.74, 6) is 2.55. The maximum Gasteiger partial charge on any atom is 0.121 e. The SMILES string of the molecule is C=CCn1c(C2CCCNC2)nc2cc(OCC)ccc21. The van der Waals surface area contributed by atoms with Gasteiger partial charge < -0.3 is 14.6 Å². The van der Waals surface area contributed by atoms with Crippen molar-refractivity contribution >= 4 is 11.0 Å². The molecule has 2 heterocycles. The van der Waals surface area contributed by atoms with Crippen LogP contribution in [0.1, 0.15) is 31.5 Å². The van der Waals surface area contributed by atoms with Crippen LogP contribution in [0.5, 0.6) is 5.75 Å². The molecule has 112 valence electrons. The molecule has 1 N–H and O–H groups in total. The molecule has 4 nitrogen and oxygen atoms in total. The lowest BCUT2D eigenvalue weighted by molar-refractivity contribution is 0.340. The van der Waals surface area contributed by atoms with E-state index in [0.717, 1.165) is 30.9 Å². The molecule has 0 spiro atoms. The summed E-state index contributed by atoms with van der Waals surface area (Å²) in [4.78, 5) is 4.89. The Labute approximate surface area is 125 Å². The molecule has 1 aliphatic rings. The number of nitrogens with zero attached hydrogens (tertiary/aromatic N) is 2. The Kier molecular flexibility index (Phi) is 4.25. The van der Waals surface area contributed by atoms with E-state index >= 15 is 0 Å². The van der Waals surface area contributed by atoms with Crippen molar-refractivity contribution in [2.75, 3.05) is 19.7 Å². The van der Waals surface area contributed by atoms with Crippen LogP contribution in [0.25, 0.3) is 11.0 Å². The van der Waals surface area contributed by atoms with Gasteiger partial charge in [0.15, 0.2) is 0 Å². The second-order valence-corrected chi connectivity index (χ2v) is 5.50. The zero-order valence-corrected chi connectivity index (χ0v) is 12.6. The van der Waals surface area contributed by atoms with Crippen molar-refractivity contribution in [2.24, 2.45) is 0 Å². The summed E-state index contributed by atoms with van der Waals surface area (Å²) >= 11 is 0. The van der Waals surface area contributed by atoms with Crippen molar-refractivity contribution < 1.29 is 4.74 Å². The summed E-state index contributed by atoms with van der Waals surface area (Å²) in [7, 11) is 0. The Morgan fingerprint density at radius 2 is 2.43 bits per heavy atom. The Balaban J connectivity index is 2.04. The summed E-state index contributed by atoms with van der Waals surface area (Å²) in [5, 5.41) is 3.47. The van der Waals surface area contributed by atoms with Crippen LogP contribution in [0, 0.1) is 0 Å². The molecule has 3 rings (SSSR count). The fourth-order valence-corrected chi connectivity index (χ4v) is 3.09. The van der Waals surface area contributed by atoms with Gasteiger partial charge in [0.2, 0.25) is 0 Å². The molecule has 0 bridgehead atoms. The van der Waals surface area contributed by atoms with Gasteiger partial charge in [0.1, 0.15) is 11.6 Å². The molecule has 1 aliphatic heterocycles. The zero-order valence-electron chi connectivity index (χ0n) is 12.6. The van der Waals surface area contributed by atoms with Gasteiger partial charge in [-0.2, -0.15) is 0 Å². The monoisotopic (exact) mass is 285 g/mol. The lowest BCUT2D eigenvalue weighted by atomic mass is 9.99. The third kappa shape index (κ3) is 2.81. The summed E-state index contributed by atoms with van der Waals surface area (Å²) in [5.41, 5.74) is 2.18. The number of nitrogens with one attached hydrogen (secondary N) is 1. The number of allylic oxidation sites excluding steroid dienone is 1. The molecular weight excluding hydrogens is 262 g/mol. The number of hydrogen-bond donors (Lipinski definition) is 1. The Hall–Kier alpha value is -1.81. The average molecular weight is 285 g/mol. The lowest BCUT2D eigenvalue weighted by Crippen LogP contribution is -2.30. The van der Waals surface area contributed by atoms with E-state index in [1.165, 1.54) is 24.2 Å². The number of rotatable bonds is 5. The molecule has 4 heteroatoms. The summed E-state index contributed by atoms with van der Waals surface area (Å²) in [6.07, 6.45) is 4.36. The predicted molar refractivity (Wildman–Crippen MR) is 85.9 cm³/mol. The Morgan fingerprint density at radius 1 is 1.52 bits per heavy atom. The second-order valence-electron chi connectivity index (χ2n) is 5.50. The minimum Gasteiger partial charge on any atom is -0.494 e. The first-order valence-electron chi connectivity index (χ1n) is 7.78. The van der Waals surface area contributed by atoms with Crippen LogP contribution in [0.3, 0.4) is 0 Å². The van der Waals surface area contributed by atoms with E-state index in [4.69, 9.17) is 9.72 Å². The molecule has 1 atom stereocenters. The average Bonchev–Trinajstić information content (AvgIpc) is 2.87. The maximum atomic E-state index is 5.59. The highest BCUT2D eigenvalue weighted by molar-refractivity contribution is 5.78. The number of imidazole rings is 1. The van der Waals surface area contributed by atoms with Crippen molar-refractivity contribution in [3.63, 3.8) is 0 Å². The fourth-order valence-electron chi connectivity index (χ4n) is 3.09. The number of ether oxygens (including phenoxy) is 1. The minimum absolute atomic E-state index is 0.488. The van der Waals surface area contributed by atoms with Crippen LogP contribution in [0.2, 0.25) is 0 Å². The fraction of sp³-hybridized carbons (Fsp3) is 0.471. The number of benzene rings is 1. The Morgan fingerprint density at radius 3 is 3.14 bits per heavy atom. The smallest absolute Gasteiger partial charge is 0.121 e. The molecule has 21 heavy (non-hydrogen) atoms. The minimum atomic E-state index is 0.488. The molecule has 1 fully saturated rings. The number of fused-ring (bicyclic) bond motifs is 1. The molecule has 1 aromatic heterocycles. The van der Waals surface area contributed by atoms with Gasteiger partial charge in [-0.05, 0) is 38.4 Å². The van der Waals surface area contributed by atoms with Crippen molar-refractivity contribution in [2.45, 2.75) is 32.2 Å². The van der Waals surface area contributed by atoms with Crippen LogP contribution in [0.15, 0.2) is 30.9 Å². The quantitative estimate of drug-likeness (QED) is 0.858. The van der Waals surface area contributed by atoms with E-state index in [2.05, 4.69) is 22.5 Å². The van der Waals surface area contributed by atoms with E-state index in [0.29, 0.717) is 12.5 Å². The van der Waals surface area contributed by atoms with Crippen LogP contribution in [-0.2, 0) is 6.54 Å². The maximum absolute atomic E-state index is 5.59. The summed E-state index contributed by atoms with van der Waals surface area (Å²) in [6.45, 7) is 9.50. The van der Waals surface area contributed by atoms with Gasteiger partial charge in [-0.15, -0.1) is 6.58 Å². The van der Waals surface area contributed by atoms with Gasteiger partial charge in [-0.1, -0.05) is 6.08 Å². The lowest BCUT2D eigenvalue weighted by Gasteiger charge is -2.23. The Bertz CT molecular complexity index is 626. The first-order valence-corrected chi connectivity index (χ1v) is 7.78. The molecular formula is C17H23N3O. The van der Waals surface area contributed by atoms with Gasteiger partial charge in [-0.25, -0.2) is 4.98 Å². The standard InChI is InChI=1S/C17H23N3O/c1-3-10-20-16-8-7-14(21-4-2)11-15(16)19-17(20)13-6-5-9-18-12-13/h3,7-8,11,13,18H,1,4-6,9-10,12H2,2H3. The van der Waals surface area contributed by atoms with Crippen molar-refractivity contribution in [3.05, 3.63) is 36.7 Å². The predicted octanol–water partition coefficient (Wildman–Crippen LogP) is 3.09. The topological polar surface area (TPSA) is 39.1 Å². The number of piperidine rings is 1. The van der Waals surface area contributed by atoms with Crippen molar-refractivity contribution in [3.8, 4) is 5.75 Å². The molecule has 2 aromatic rings. The first kappa shape index (κ1) is 14.1. The highest BCUT2D eigenvalue weighted by atomic mass is 16.5. The molecule has 1 unspecified atom stereocenters. The van der Waals surface area contributed by atoms with Crippen LogP contribution < -0.4 is 10.1 Å². The molecule has 0 saturated carbocycles. The van der Waals surface area contributed by atoms with Gasteiger partial charge in [0, 0.05) is 25.1 Å². The third-order valence-corrected chi connectivity index (χ3v) is 4.03. The highest BCUT2D eigenvalue weighted by Gasteiger charge is 2.22. The second kappa shape index (κ2) is 6.31. The first-order chi connectivity index (χ1) is 10.3. The van der Waals surface area contributed by atoms with Gasteiger partial charge in [0.05, 0.1) is 17.6 Å². The van der Waals surface area contributed by atoms with Gasteiger partial charge in [0.25, 0.3) is 0 Å². The highest BCUT2D eigenvalue weighted by Crippen LogP contribution is 2.28. The molecule has 0 amide bonds. The van der Waals surface area contributed by atoms with E-state index in [-0.39, 0.29) is 0 Å². The number of aromatic nitrogens is 2. The summed E-state index contributed by atoms with van der Waals surface area (Å²) in [6, 6.07) is 6.17. The van der Waals surface area contributed by atoms with Gasteiger partial charge >= 0.3 is 0 Å². The third-order valence-electron chi connectivity index (χ3n) is 4.03. The summed E-state index contributed by atoms with van der Waals surface area (Å²) < 4.78 is 7.87. The zero-order chi connectivity index (χ0) is 14.7. The largest absolute Gasteiger partial charge is 0.494 e. The molecule has 0 radical (unpaired) electrons. The molecule has 1 aromatic carbocycles. The van der Waals surface area contributed by atoms with Crippen LogP contribution >= 0.6 is 0 Å². The number of hydrogen-bond acceptors (Lipinski definition) is 3. The van der Waals surface area contributed by atoms with Crippen LogP contribution in [-0.4, -0.2) is 29.2 Å². The molecule has 1 saturated heterocycles. The van der Waals surface area contributed by atoms with Crippen molar-refractivity contribution in [1.29, 1.82) is 0 Å². The van der Waals surface area contributed by atoms with E-state index in [9.17, 15) is 0 Å². The van der Waals surface area contributed by atoms with E-state index in [1.807, 2.05) is 25.1 Å². The van der Waals surface area contributed by atoms with E-state index in [1.54, 1.807) is 0 Å². The normalized spacial score (nSPS) is 18.8.